The second kappa shape index (κ2) is 5.16. The maximum absolute atomic E-state index is 12.0. The van der Waals surface area contributed by atoms with Gasteiger partial charge in [0.2, 0.25) is 0 Å². The number of carbonyl (C=O) groups is 1. The van der Waals surface area contributed by atoms with Crippen LogP contribution in [-0.2, 0) is 0 Å². The van der Waals surface area contributed by atoms with E-state index in [9.17, 15) is 9.90 Å². The van der Waals surface area contributed by atoms with E-state index < -0.39 is 6.09 Å². The number of rotatable bonds is 2. The van der Waals surface area contributed by atoms with Gasteiger partial charge in [-0.1, -0.05) is 0 Å². The fourth-order valence-electron chi connectivity index (χ4n) is 1.62. The van der Waals surface area contributed by atoms with E-state index in [0.717, 1.165) is 6.07 Å². The quantitative estimate of drug-likeness (QED) is 0.850. The first-order valence-electron chi connectivity index (χ1n) is 5.77. The molecule has 1 aromatic carbocycles. The molecule has 1 rings (SSSR count). The smallest absolute Gasteiger partial charge is 0.415 e. The summed E-state index contributed by atoms with van der Waals surface area (Å²) in [5.41, 5.74) is -0.363. The lowest BCUT2D eigenvalue weighted by molar-refractivity contribution is 0.109. The first-order valence-corrected chi connectivity index (χ1v) is 5.77. The van der Waals surface area contributed by atoms with Crippen LogP contribution in [0.3, 0.4) is 0 Å². The molecule has 0 saturated carbocycles. The van der Waals surface area contributed by atoms with Crippen molar-refractivity contribution in [2.75, 3.05) is 6.54 Å². The van der Waals surface area contributed by atoms with Gasteiger partial charge in [0, 0.05) is 18.2 Å². The Morgan fingerprint density at radius 1 is 1.33 bits per heavy atom. The lowest BCUT2D eigenvalue weighted by Gasteiger charge is -2.33. The summed E-state index contributed by atoms with van der Waals surface area (Å²) in [6.45, 7) is 8.04. The minimum atomic E-state index is -0.536. The van der Waals surface area contributed by atoms with E-state index in [0.29, 0.717) is 6.54 Å². The maximum Gasteiger partial charge on any atom is 0.415 e. The van der Waals surface area contributed by atoms with E-state index in [1.54, 1.807) is 4.90 Å². The Morgan fingerprint density at radius 3 is 2.39 bits per heavy atom. The third-order valence-electron chi connectivity index (χ3n) is 2.49. The third-order valence-corrected chi connectivity index (χ3v) is 2.49. The van der Waals surface area contributed by atoms with Gasteiger partial charge in [0.15, 0.2) is 11.5 Å². The molecule has 100 valence electrons. The van der Waals surface area contributed by atoms with Crippen LogP contribution >= 0.6 is 0 Å². The Balaban J connectivity index is 2.87. The number of carbonyl (C=O) groups excluding carboxylic acids is 1. The number of benzene rings is 1. The van der Waals surface area contributed by atoms with E-state index in [-0.39, 0.29) is 22.8 Å². The molecule has 0 saturated heterocycles. The highest BCUT2D eigenvalue weighted by atomic mass is 16.6. The minimum absolute atomic E-state index is 0.0282. The zero-order valence-corrected chi connectivity index (χ0v) is 11.1. The molecule has 0 aliphatic carbocycles. The molecule has 0 aliphatic rings. The first-order chi connectivity index (χ1) is 8.25. The SMILES string of the molecule is CCN(C(=O)Oc1ccc(O)cc1O)C(C)(C)C. The van der Waals surface area contributed by atoms with Crippen molar-refractivity contribution in [3.63, 3.8) is 0 Å². The van der Waals surface area contributed by atoms with Crippen LogP contribution in [0.2, 0.25) is 0 Å². The summed E-state index contributed by atoms with van der Waals surface area (Å²) in [7, 11) is 0. The second-order valence-electron chi connectivity index (χ2n) is 4.94. The fraction of sp³-hybridized carbons (Fsp3) is 0.462. The van der Waals surface area contributed by atoms with E-state index in [4.69, 9.17) is 9.84 Å². The van der Waals surface area contributed by atoms with Crippen molar-refractivity contribution >= 4 is 6.09 Å². The van der Waals surface area contributed by atoms with Gasteiger partial charge in [-0.25, -0.2) is 4.79 Å². The van der Waals surface area contributed by atoms with Crippen LogP contribution in [0.5, 0.6) is 17.2 Å². The number of amides is 1. The molecule has 5 nitrogen and oxygen atoms in total. The highest BCUT2D eigenvalue weighted by Crippen LogP contribution is 2.30. The van der Waals surface area contributed by atoms with Gasteiger partial charge in [-0.05, 0) is 39.8 Å². The third kappa shape index (κ3) is 3.29. The van der Waals surface area contributed by atoms with Crippen LogP contribution in [0, 0.1) is 0 Å². The van der Waals surface area contributed by atoms with Crippen molar-refractivity contribution in [3.8, 4) is 17.2 Å². The number of hydrogen-bond acceptors (Lipinski definition) is 4. The van der Waals surface area contributed by atoms with Gasteiger partial charge in [0.25, 0.3) is 0 Å². The molecule has 1 amide bonds. The number of aromatic hydroxyl groups is 2. The molecule has 0 atom stereocenters. The molecule has 0 heterocycles. The van der Waals surface area contributed by atoms with E-state index in [1.807, 2.05) is 27.7 Å². The molecule has 0 fully saturated rings. The van der Waals surface area contributed by atoms with Gasteiger partial charge in [-0.15, -0.1) is 0 Å². The average Bonchev–Trinajstić information content (AvgIpc) is 2.21. The van der Waals surface area contributed by atoms with Crippen LogP contribution in [0.1, 0.15) is 27.7 Å². The van der Waals surface area contributed by atoms with Gasteiger partial charge >= 0.3 is 6.09 Å². The van der Waals surface area contributed by atoms with Crippen molar-refractivity contribution in [1.82, 2.24) is 4.90 Å². The van der Waals surface area contributed by atoms with Gasteiger partial charge in [-0.2, -0.15) is 0 Å². The first kappa shape index (κ1) is 14.2. The monoisotopic (exact) mass is 253 g/mol. The number of phenolic OH excluding ortho intramolecular Hbond substituents is 2. The molecule has 0 aromatic heterocycles. The van der Waals surface area contributed by atoms with Crippen molar-refractivity contribution in [1.29, 1.82) is 0 Å². The summed E-state index contributed by atoms with van der Waals surface area (Å²) in [5, 5.41) is 18.7. The van der Waals surface area contributed by atoms with Crippen LogP contribution < -0.4 is 4.74 Å². The fourth-order valence-corrected chi connectivity index (χ4v) is 1.62. The van der Waals surface area contributed by atoms with E-state index in [1.165, 1.54) is 12.1 Å². The lowest BCUT2D eigenvalue weighted by atomic mass is 10.1. The van der Waals surface area contributed by atoms with Crippen LogP contribution in [-0.4, -0.2) is 33.3 Å². The van der Waals surface area contributed by atoms with E-state index in [2.05, 4.69) is 0 Å². The number of phenols is 2. The second-order valence-corrected chi connectivity index (χ2v) is 4.94. The Labute approximate surface area is 107 Å². The Hall–Kier alpha value is -1.91. The summed E-state index contributed by atoms with van der Waals surface area (Å²) in [6, 6.07) is 3.81. The minimum Gasteiger partial charge on any atom is -0.508 e. The highest BCUT2D eigenvalue weighted by molar-refractivity contribution is 5.72. The van der Waals surface area contributed by atoms with Crippen molar-refractivity contribution in [2.45, 2.75) is 33.2 Å². The number of hydrogen-bond donors (Lipinski definition) is 2. The maximum atomic E-state index is 12.0. The van der Waals surface area contributed by atoms with Gasteiger partial charge in [0.1, 0.15) is 5.75 Å². The van der Waals surface area contributed by atoms with Crippen molar-refractivity contribution < 1.29 is 19.7 Å². The molecule has 2 N–H and O–H groups in total. The molecule has 0 radical (unpaired) electrons. The summed E-state index contributed by atoms with van der Waals surface area (Å²) >= 11 is 0. The zero-order valence-electron chi connectivity index (χ0n) is 11.1. The number of ether oxygens (including phenoxy) is 1. The zero-order chi connectivity index (χ0) is 13.9. The summed E-state index contributed by atoms with van der Waals surface area (Å²) in [5.74, 6) is -0.329. The summed E-state index contributed by atoms with van der Waals surface area (Å²) in [6.07, 6.45) is -0.536. The number of nitrogens with zero attached hydrogens (tertiary/aromatic N) is 1. The van der Waals surface area contributed by atoms with Crippen LogP contribution in [0.4, 0.5) is 4.79 Å². The van der Waals surface area contributed by atoms with Gasteiger partial charge in [-0.3, -0.25) is 0 Å². The summed E-state index contributed by atoms with van der Waals surface area (Å²) in [4.78, 5) is 13.5. The van der Waals surface area contributed by atoms with E-state index >= 15 is 0 Å². The van der Waals surface area contributed by atoms with Crippen LogP contribution in [0.15, 0.2) is 18.2 Å². The van der Waals surface area contributed by atoms with Gasteiger partial charge < -0.3 is 19.8 Å². The molecule has 0 unspecified atom stereocenters. The normalized spacial score (nSPS) is 11.1. The molecule has 5 heteroatoms. The molecule has 1 aromatic rings. The highest BCUT2D eigenvalue weighted by Gasteiger charge is 2.27. The van der Waals surface area contributed by atoms with Gasteiger partial charge in [0.05, 0.1) is 0 Å². The predicted molar refractivity (Wildman–Crippen MR) is 67.9 cm³/mol. The molecular formula is C13H19NO4. The average molecular weight is 253 g/mol. The van der Waals surface area contributed by atoms with Crippen molar-refractivity contribution in [2.24, 2.45) is 0 Å². The predicted octanol–water partition coefficient (Wildman–Crippen LogP) is 2.72. The standard InChI is InChI=1S/C13H19NO4/c1-5-14(13(2,3)4)12(17)18-11-7-6-9(15)8-10(11)16/h6-8,15-16H,5H2,1-4H3. The molecule has 0 aliphatic heterocycles. The Bertz CT molecular complexity index is 437. The van der Waals surface area contributed by atoms with Crippen molar-refractivity contribution in [3.05, 3.63) is 18.2 Å². The van der Waals surface area contributed by atoms with Crippen LogP contribution in [0.25, 0.3) is 0 Å². The topological polar surface area (TPSA) is 70.0 Å². The molecule has 0 bridgehead atoms. The Morgan fingerprint density at radius 2 is 1.94 bits per heavy atom. The molecule has 18 heavy (non-hydrogen) atoms. The largest absolute Gasteiger partial charge is 0.508 e. The molecule has 0 spiro atoms. The lowest BCUT2D eigenvalue weighted by Crippen LogP contribution is -2.46. The Kier molecular flexibility index (Phi) is 4.06. The summed E-state index contributed by atoms with van der Waals surface area (Å²) < 4.78 is 5.11. The molecular weight excluding hydrogens is 234 g/mol.